The van der Waals surface area contributed by atoms with Crippen LogP contribution in [-0.4, -0.2) is 10.1 Å². The molecule has 0 radical (unpaired) electrons. The summed E-state index contributed by atoms with van der Waals surface area (Å²) in [6, 6.07) is 6.64. The van der Waals surface area contributed by atoms with Gasteiger partial charge >= 0.3 is 0 Å². The molecule has 0 fully saturated rings. The minimum Gasteiger partial charge on any atom is -0.493 e. The van der Waals surface area contributed by atoms with Crippen LogP contribution in [0.25, 0.3) is 10.9 Å². The normalized spacial score (nSPS) is 11.6. The second-order valence-corrected chi connectivity index (χ2v) is 4.38. The van der Waals surface area contributed by atoms with E-state index in [0.717, 1.165) is 0 Å². The van der Waals surface area contributed by atoms with E-state index >= 15 is 0 Å². The lowest BCUT2D eigenvalue weighted by Gasteiger charge is -2.00. The summed E-state index contributed by atoms with van der Waals surface area (Å²) in [6.07, 6.45) is 0. The average molecular weight is 309 g/mol. The molecule has 2 N–H and O–H groups in total. The number of aromatic nitrogens is 1. The highest BCUT2D eigenvalue weighted by Gasteiger charge is 2.19. The lowest BCUT2D eigenvalue weighted by Crippen LogP contribution is -1.93. The van der Waals surface area contributed by atoms with Gasteiger partial charge in [-0.05, 0) is 6.07 Å². The fourth-order valence-electron chi connectivity index (χ4n) is 1.96. The van der Waals surface area contributed by atoms with E-state index in [2.05, 4.69) is 15.2 Å². The third-order valence-corrected chi connectivity index (χ3v) is 3.00. The van der Waals surface area contributed by atoms with Gasteiger partial charge in [0.15, 0.2) is 34.6 Å². The predicted octanol–water partition coefficient (Wildman–Crippen LogP) is 4.85. The number of azo groups is 1. The predicted molar refractivity (Wildman–Crippen MR) is 70.4 cm³/mol. The van der Waals surface area contributed by atoms with Gasteiger partial charge in [0.1, 0.15) is 0 Å². The van der Waals surface area contributed by atoms with Gasteiger partial charge in [0, 0.05) is 11.5 Å². The SMILES string of the molecule is Oc1[nH]c2ccccc2c1N=Nc1c(F)c(F)cc(F)c1F. The third kappa shape index (κ3) is 2.18. The van der Waals surface area contributed by atoms with E-state index in [4.69, 9.17) is 0 Å². The molecule has 0 bridgehead atoms. The Morgan fingerprint density at radius 2 is 1.45 bits per heavy atom. The van der Waals surface area contributed by atoms with Crippen LogP contribution in [-0.2, 0) is 0 Å². The Bertz CT molecular complexity index is 878. The molecule has 4 nitrogen and oxygen atoms in total. The zero-order valence-electron chi connectivity index (χ0n) is 10.7. The quantitative estimate of drug-likeness (QED) is 0.397. The van der Waals surface area contributed by atoms with Crippen molar-refractivity contribution in [3.05, 3.63) is 53.6 Å². The van der Waals surface area contributed by atoms with Gasteiger partial charge in [-0.25, -0.2) is 17.6 Å². The highest BCUT2D eigenvalue weighted by Crippen LogP contribution is 2.37. The smallest absolute Gasteiger partial charge is 0.218 e. The highest BCUT2D eigenvalue weighted by molar-refractivity contribution is 5.94. The van der Waals surface area contributed by atoms with E-state index in [9.17, 15) is 22.7 Å². The zero-order chi connectivity index (χ0) is 15.9. The number of hydrogen-bond acceptors (Lipinski definition) is 3. The number of nitrogens with one attached hydrogen (secondary N) is 1. The Hall–Kier alpha value is -2.90. The lowest BCUT2D eigenvalue weighted by atomic mass is 10.2. The topological polar surface area (TPSA) is 60.7 Å². The first-order chi connectivity index (χ1) is 10.5. The van der Waals surface area contributed by atoms with Crippen LogP contribution < -0.4 is 0 Å². The molecule has 0 aliphatic carbocycles. The van der Waals surface area contributed by atoms with Gasteiger partial charge in [0.25, 0.3) is 0 Å². The maximum absolute atomic E-state index is 13.5. The second kappa shape index (κ2) is 5.14. The molecular weight excluding hydrogens is 302 g/mol. The van der Waals surface area contributed by atoms with Crippen molar-refractivity contribution in [1.29, 1.82) is 0 Å². The van der Waals surface area contributed by atoms with Gasteiger partial charge in [-0.15, -0.1) is 10.2 Å². The molecule has 112 valence electrons. The highest BCUT2D eigenvalue weighted by atomic mass is 19.2. The zero-order valence-corrected chi connectivity index (χ0v) is 10.7. The van der Waals surface area contributed by atoms with E-state index in [0.29, 0.717) is 10.9 Å². The standard InChI is InChI=1S/C14H7F4N3O/c15-7-5-8(16)11(18)13(10(7)17)21-20-12-6-3-1-2-4-9(6)19-14(12)22/h1-5,19,22H. The Kier molecular flexibility index (Phi) is 3.28. The van der Waals surface area contributed by atoms with Crippen LogP contribution in [0.4, 0.5) is 28.9 Å². The second-order valence-electron chi connectivity index (χ2n) is 4.38. The summed E-state index contributed by atoms with van der Waals surface area (Å²) in [4.78, 5) is 2.58. The van der Waals surface area contributed by atoms with Gasteiger partial charge < -0.3 is 10.1 Å². The van der Waals surface area contributed by atoms with Gasteiger partial charge in [-0.2, -0.15) is 0 Å². The molecule has 0 unspecified atom stereocenters. The molecule has 0 atom stereocenters. The number of halogens is 4. The summed E-state index contributed by atoms with van der Waals surface area (Å²) in [6.45, 7) is 0. The van der Waals surface area contributed by atoms with E-state index in [1.807, 2.05) is 0 Å². The Balaban J connectivity index is 2.13. The Morgan fingerprint density at radius 1 is 0.864 bits per heavy atom. The minimum absolute atomic E-state index is 0.0762. The summed E-state index contributed by atoms with van der Waals surface area (Å²) >= 11 is 0. The maximum Gasteiger partial charge on any atom is 0.218 e. The van der Waals surface area contributed by atoms with Crippen LogP contribution >= 0.6 is 0 Å². The number of para-hydroxylation sites is 1. The molecule has 22 heavy (non-hydrogen) atoms. The molecule has 3 rings (SSSR count). The van der Waals surface area contributed by atoms with Crippen molar-refractivity contribution in [3.8, 4) is 5.88 Å². The van der Waals surface area contributed by atoms with Gasteiger partial charge in [-0.1, -0.05) is 18.2 Å². The number of hydrogen-bond donors (Lipinski definition) is 2. The maximum atomic E-state index is 13.5. The first-order valence-electron chi connectivity index (χ1n) is 6.03. The van der Waals surface area contributed by atoms with E-state index < -0.39 is 29.0 Å². The third-order valence-electron chi connectivity index (χ3n) is 3.00. The molecule has 3 aromatic rings. The van der Waals surface area contributed by atoms with E-state index in [1.165, 1.54) is 0 Å². The number of aromatic hydroxyl groups is 1. The first kappa shape index (κ1) is 14.1. The molecule has 2 aromatic carbocycles. The van der Waals surface area contributed by atoms with Crippen molar-refractivity contribution < 1.29 is 22.7 Å². The number of aromatic amines is 1. The first-order valence-corrected chi connectivity index (χ1v) is 6.03. The Labute approximate surface area is 120 Å². The molecular formula is C14H7F4N3O. The number of nitrogens with zero attached hydrogens (tertiary/aromatic N) is 2. The van der Waals surface area contributed by atoms with Crippen molar-refractivity contribution >= 4 is 22.3 Å². The minimum atomic E-state index is -1.66. The molecule has 0 aliphatic heterocycles. The molecule has 0 aliphatic rings. The molecule has 0 amide bonds. The molecule has 0 spiro atoms. The average Bonchev–Trinajstić information content (AvgIpc) is 2.81. The van der Waals surface area contributed by atoms with Gasteiger partial charge in [-0.3, -0.25) is 0 Å². The number of benzene rings is 2. The summed E-state index contributed by atoms with van der Waals surface area (Å²) in [5, 5.41) is 16.8. The monoisotopic (exact) mass is 309 g/mol. The lowest BCUT2D eigenvalue weighted by molar-refractivity contribution is 0.455. The molecule has 8 heteroatoms. The van der Waals surface area contributed by atoms with Crippen molar-refractivity contribution in [3.63, 3.8) is 0 Å². The molecule has 1 heterocycles. The van der Waals surface area contributed by atoms with Crippen LogP contribution in [0, 0.1) is 23.3 Å². The van der Waals surface area contributed by atoms with Crippen molar-refractivity contribution in [2.45, 2.75) is 0 Å². The fourth-order valence-corrected chi connectivity index (χ4v) is 1.96. The number of rotatable bonds is 2. The van der Waals surface area contributed by atoms with E-state index in [1.54, 1.807) is 24.3 Å². The van der Waals surface area contributed by atoms with Crippen LogP contribution in [0.5, 0.6) is 5.88 Å². The van der Waals surface area contributed by atoms with Crippen molar-refractivity contribution in [1.82, 2.24) is 4.98 Å². The van der Waals surface area contributed by atoms with Crippen LogP contribution in [0.3, 0.4) is 0 Å². The molecule has 1 aromatic heterocycles. The van der Waals surface area contributed by atoms with Gasteiger partial charge in [0.2, 0.25) is 5.88 Å². The molecule has 0 saturated heterocycles. The van der Waals surface area contributed by atoms with Crippen LogP contribution in [0.1, 0.15) is 0 Å². The molecule has 0 saturated carbocycles. The number of fused-ring (bicyclic) bond motifs is 1. The summed E-state index contributed by atoms with van der Waals surface area (Å²) in [7, 11) is 0. The van der Waals surface area contributed by atoms with Gasteiger partial charge in [0.05, 0.1) is 5.52 Å². The van der Waals surface area contributed by atoms with E-state index in [-0.39, 0.29) is 17.6 Å². The summed E-state index contributed by atoms with van der Waals surface area (Å²) < 4.78 is 53.1. The fraction of sp³-hybridized carbons (Fsp3) is 0. The van der Waals surface area contributed by atoms with Crippen molar-refractivity contribution in [2.75, 3.05) is 0 Å². The largest absolute Gasteiger partial charge is 0.493 e. The summed E-state index contributed by atoms with van der Waals surface area (Å²) in [5.41, 5.74) is -0.790. The Morgan fingerprint density at radius 3 is 2.14 bits per heavy atom. The van der Waals surface area contributed by atoms with Crippen LogP contribution in [0.2, 0.25) is 0 Å². The van der Waals surface area contributed by atoms with Crippen LogP contribution in [0.15, 0.2) is 40.6 Å². The number of H-pyrrole nitrogens is 1. The summed E-state index contributed by atoms with van der Waals surface area (Å²) in [5.74, 6) is -6.89. The van der Waals surface area contributed by atoms with Crippen molar-refractivity contribution in [2.24, 2.45) is 10.2 Å².